The molecule has 10 nitrogen and oxygen atoms in total. The lowest BCUT2D eigenvalue weighted by molar-refractivity contribution is -0.134. The molecule has 1 aromatic heterocycles. The van der Waals surface area contributed by atoms with Crippen LogP contribution in [0.3, 0.4) is 0 Å². The molecule has 2 rings (SSSR count). The summed E-state index contributed by atoms with van der Waals surface area (Å²) in [7, 11) is 3.76. The SMILES string of the molecule is CN(C)CCC(=O)Oc1ccccc1/N=N/c1ccc(NC(=O)CCN)nc1N. The fourth-order valence-electron chi connectivity index (χ4n) is 2.18. The van der Waals surface area contributed by atoms with E-state index in [-0.39, 0.29) is 37.1 Å². The third-order valence-corrected chi connectivity index (χ3v) is 3.66. The van der Waals surface area contributed by atoms with Gasteiger partial charge in [-0.15, -0.1) is 10.2 Å². The van der Waals surface area contributed by atoms with Crippen molar-refractivity contribution in [1.29, 1.82) is 0 Å². The molecule has 1 aromatic carbocycles. The minimum atomic E-state index is -0.361. The number of pyridine rings is 1. The predicted octanol–water partition coefficient (Wildman–Crippen LogP) is 2.22. The summed E-state index contributed by atoms with van der Waals surface area (Å²) >= 11 is 0. The molecule has 154 valence electrons. The van der Waals surface area contributed by atoms with Gasteiger partial charge in [-0.05, 0) is 38.4 Å². The second kappa shape index (κ2) is 10.8. The molecule has 0 aliphatic rings. The van der Waals surface area contributed by atoms with Gasteiger partial charge in [0.05, 0.1) is 6.42 Å². The maximum atomic E-state index is 12.0. The van der Waals surface area contributed by atoms with Crippen LogP contribution in [0.15, 0.2) is 46.6 Å². The van der Waals surface area contributed by atoms with Crippen LogP contribution >= 0.6 is 0 Å². The fraction of sp³-hybridized carbons (Fsp3) is 0.316. The molecule has 0 unspecified atom stereocenters. The van der Waals surface area contributed by atoms with Crippen molar-refractivity contribution in [3.05, 3.63) is 36.4 Å². The maximum absolute atomic E-state index is 12.0. The van der Waals surface area contributed by atoms with Crippen molar-refractivity contribution < 1.29 is 14.3 Å². The summed E-state index contributed by atoms with van der Waals surface area (Å²) in [4.78, 5) is 29.5. The van der Waals surface area contributed by atoms with Gasteiger partial charge in [-0.1, -0.05) is 12.1 Å². The summed E-state index contributed by atoms with van der Waals surface area (Å²) in [6, 6.07) is 9.94. The van der Waals surface area contributed by atoms with E-state index in [1.807, 2.05) is 19.0 Å². The minimum absolute atomic E-state index is 0.0970. The Morgan fingerprint density at radius 1 is 1.10 bits per heavy atom. The van der Waals surface area contributed by atoms with Gasteiger partial charge in [-0.3, -0.25) is 9.59 Å². The first-order valence-electron chi connectivity index (χ1n) is 9.01. The number of azo groups is 1. The highest BCUT2D eigenvalue weighted by Gasteiger charge is 2.10. The van der Waals surface area contributed by atoms with Gasteiger partial charge in [0.15, 0.2) is 11.6 Å². The average molecular weight is 399 g/mol. The second-order valence-corrected chi connectivity index (χ2v) is 6.38. The van der Waals surface area contributed by atoms with Gasteiger partial charge in [0, 0.05) is 19.5 Å². The number of esters is 1. The van der Waals surface area contributed by atoms with Crippen molar-refractivity contribution in [3.63, 3.8) is 0 Å². The van der Waals surface area contributed by atoms with Gasteiger partial charge in [0.1, 0.15) is 17.2 Å². The molecule has 0 radical (unpaired) electrons. The summed E-state index contributed by atoms with van der Waals surface area (Å²) in [6.45, 7) is 0.825. The van der Waals surface area contributed by atoms with E-state index in [1.54, 1.807) is 36.4 Å². The molecule has 0 bridgehead atoms. The van der Waals surface area contributed by atoms with Crippen LogP contribution in [0.1, 0.15) is 12.8 Å². The Bertz CT molecular complexity index is 884. The van der Waals surface area contributed by atoms with Crippen molar-refractivity contribution in [2.75, 3.05) is 38.2 Å². The average Bonchev–Trinajstić information content (AvgIpc) is 2.67. The zero-order chi connectivity index (χ0) is 21.2. The number of rotatable bonds is 9. The zero-order valence-corrected chi connectivity index (χ0v) is 16.5. The van der Waals surface area contributed by atoms with E-state index in [0.29, 0.717) is 29.5 Å². The number of hydrogen-bond donors (Lipinski definition) is 3. The Balaban J connectivity index is 2.10. The number of anilines is 2. The number of benzene rings is 1. The number of nitrogen functional groups attached to an aromatic ring is 1. The van der Waals surface area contributed by atoms with Crippen LogP contribution in [0.25, 0.3) is 0 Å². The van der Waals surface area contributed by atoms with Gasteiger partial charge in [-0.2, -0.15) is 0 Å². The third-order valence-electron chi connectivity index (χ3n) is 3.66. The Morgan fingerprint density at radius 2 is 1.83 bits per heavy atom. The topological polar surface area (TPSA) is 148 Å². The number of aromatic nitrogens is 1. The van der Waals surface area contributed by atoms with Crippen LogP contribution in [0.2, 0.25) is 0 Å². The van der Waals surface area contributed by atoms with Crippen LogP contribution < -0.4 is 21.5 Å². The Kier molecular flexibility index (Phi) is 8.19. The summed E-state index contributed by atoms with van der Waals surface area (Å²) in [6.07, 6.45) is 0.444. The number of nitrogens with zero attached hydrogens (tertiary/aromatic N) is 4. The van der Waals surface area contributed by atoms with Crippen molar-refractivity contribution in [2.45, 2.75) is 12.8 Å². The highest BCUT2D eigenvalue weighted by atomic mass is 16.5. The predicted molar refractivity (Wildman–Crippen MR) is 110 cm³/mol. The molecule has 0 aliphatic carbocycles. The summed E-state index contributed by atoms with van der Waals surface area (Å²) in [5.41, 5.74) is 11.9. The zero-order valence-electron chi connectivity index (χ0n) is 16.5. The smallest absolute Gasteiger partial charge is 0.312 e. The van der Waals surface area contributed by atoms with E-state index in [2.05, 4.69) is 20.5 Å². The lowest BCUT2D eigenvalue weighted by atomic mass is 10.3. The number of nitrogens with two attached hydrogens (primary N) is 2. The summed E-state index contributed by atoms with van der Waals surface area (Å²) in [5.74, 6) is 0.0889. The molecule has 0 saturated carbocycles. The molecule has 0 fully saturated rings. The first kappa shape index (κ1) is 21.9. The van der Waals surface area contributed by atoms with Crippen molar-refractivity contribution >= 4 is 34.9 Å². The van der Waals surface area contributed by atoms with Crippen molar-refractivity contribution in [3.8, 4) is 5.75 Å². The van der Waals surface area contributed by atoms with Crippen LogP contribution in [-0.4, -0.2) is 48.9 Å². The summed E-state index contributed by atoms with van der Waals surface area (Å²) < 4.78 is 5.38. The molecule has 1 amide bonds. The highest BCUT2D eigenvalue weighted by Crippen LogP contribution is 2.30. The van der Waals surface area contributed by atoms with E-state index >= 15 is 0 Å². The number of nitrogens with one attached hydrogen (secondary N) is 1. The number of carbonyl (C=O) groups is 2. The lowest BCUT2D eigenvalue weighted by Gasteiger charge is -2.10. The second-order valence-electron chi connectivity index (χ2n) is 6.38. The van der Waals surface area contributed by atoms with Crippen molar-refractivity contribution in [1.82, 2.24) is 9.88 Å². The Morgan fingerprint density at radius 3 is 2.52 bits per heavy atom. The molecule has 5 N–H and O–H groups in total. The number of carbonyl (C=O) groups excluding carboxylic acids is 2. The molecule has 0 saturated heterocycles. The molecule has 0 atom stereocenters. The van der Waals surface area contributed by atoms with E-state index in [9.17, 15) is 9.59 Å². The number of hydrogen-bond acceptors (Lipinski definition) is 9. The number of amides is 1. The molecule has 10 heteroatoms. The molecular weight excluding hydrogens is 374 g/mol. The lowest BCUT2D eigenvalue weighted by Crippen LogP contribution is -2.19. The first-order chi connectivity index (χ1) is 13.9. The minimum Gasteiger partial charge on any atom is -0.424 e. The fourth-order valence-corrected chi connectivity index (χ4v) is 2.18. The highest BCUT2D eigenvalue weighted by molar-refractivity contribution is 5.90. The molecule has 2 aromatic rings. The molecule has 0 spiro atoms. The van der Waals surface area contributed by atoms with E-state index < -0.39 is 0 Å². The standard InChI is InChI=1S/C19H25N7O3/c1-26(2)12-10-18(28)29-15-6-4-3-5-13(15)24-25-14-7-8-16(23-19(14)21)22-17(27)9-11-20/h3-8H,9-12,20H2,1-2H3,(H3,21,22,23,27)/b25-24+. The molecular formula is C19H25N7O3. The van der Waals surface area contributed by atoms with Crippen LogP contribution in [0, 0.1) is 0 Å². The van der Waals surface area contributed by atoms with E-state index in [1.165, 1.54) is 0 Å². The Hall–Kier alpha value is -3.37. The largest absolute Gasteiger partial charge is 0.424 e. The van der Waals surface area contributed by atoms with Crippen LogP contribution in [0.4, 0.5) is 23.0 Å². The number of ether oxygens (including phenoxy) is 1. The van der Waals surface area contributed by atoms with Crippen LogP contribution in [0.5, 0.6) is 5.75 Å². The van der Waals surface area contributed by atoms with Gasteiger partial charge < -0.3 is 26.4 Å². The molecule has 1 heterocycles. The maximum Gasteiger partial charge on any atom is 0.312 e. The van der Waals surface area contributed by atoms with E-state index in [0.717, 1.165) is 0 Å². The monoisotopic (exact) mass is 399 g/mol. The van der Waals surface area contributed by atoms with Gasteiger partial charge in [0.25, 0.3) is 0 Å². The van der Waals surface area contributed by atoms with Gasteiger partial charge in [-0.25, -0.2) is 4.98 Å². The quantitative estimate of drug-likeness (QED) is 0.332. The van der Waals surface area contributed by atoms with Crippen LogP contribution in [-0.2, 0) is 9.59 Å². The Labute approximate surface area is 169 Å². The first-order valence-corrected chi connectivity index (χ1v) is 9.01. The summed E-state index contributed by atoms with van der Waals surface area (Å²) in [5, 5.41) is 10.8. The van der Waals surface area contributed by atoms with Gasteiger partial charge in [0.2, 0.25) is 5.91 Å². The number of para-hydroxylation sites is 1. The van der Waals surface area contributed by atoms with E-state index in [4.69, 9.17) is 16.2 Å². The molecule has 0 aliphatic heterocycles. The van der Waals surface area contributed by atoms with Crippen molar-refractivity contribution in [2.24, 2.45) is 16.0 Å². The molecule has 29 heavy (non-hydrogen) atoms. The third kappa shape index (κ3) is 7.28. The normalized spacial score (nSPS) is 11.0. The van der Waals surface area contributed by atoms with Gasteiger partial charge >= 0.3 is 5.97 Å².